The molecule has 3 amide bonds. The summed E-state index contributed by atoms with van der Waals surface area (Å²) in [5.74, 6) is 0.328. The van der Waals surface area contributed by atoms with Gasteiger partial charge in [0, 0.05) is 5.02 Å². The molecule has 2 atom stereocenters. The first kappa shape index (κ1) is 13.4. The minimum Gasteiger partial charge on any atom is -0.323 e. The second-order valence-electron chi connectivity index (χ2n) is 5.83. The van der Waals surface area contributed by atoms with Crippen LogP contribution in [0.3, 0.4) is 0 Å². The zero-order valence-electron chi connectivity index (χ0n) is 11.4. The first-order valence-corrected chi connectivity index (χ1v) is 7.32. The van der Waals surface area contributed by atoms with E-state index in [1.165, 1.54) is 4.90 Å². The zero-order chi connectivity index (χ0) is 14.3. The third-order valence-electron chi connectivity index (χ3n) is 4.24. The van der Waals surface area contributed by atoms with Gasteiger partial charge in [0.2, 0.25) is 0 Å². The minimum absolute atomic E-state index is 0.128. The van der Waals surface area contributed by atoms with E-state index in [4.69, 9.17) is 11.6 Å². The Kier molecular flexibility index (Phi) is 3.21. The molecule has 1 N–H and O–H groups in total. The molecule has 4 nitrogen and oxygen atoms in total. The fourth-order valence-corrected chi connectivity index (χ4v) is 3.43. The van der Waals surface area contributed by atoms with E-state index >= 15 is 0 Å². The molecule has 0 radical (unpaired) electrons. The van der Waals surface area contributed by atoms with Gasteiger partial charge in [-0.2, -0.15) is 0 Å². The first-order valence-electron chi connectivity index (χ1n) is 6.94. The number of rotatable bonds is 1. The van der Waals surface area contributed by atoms with Gasteiger partial charge in [-0.1, -0.05) is 31.4 Å². The van der Waals surface area contributed by atoms with E-state index < -0.39 is 5.54 Å². The van der Waals surface area contributed by atoms with Crippen LogP contribution in [-0.2, 0) is 4.79 Å². The number of hydrogen-bond acceptors (Lipinski definition) is 2. The summed E-state index contributed by atoms with van der Waals surface area (Å²) in [5, 5.41) is 3.50. The third kappa shape index (κ3) is 2.08. The number of halogens is 1. The molecule has 1 aromatic carbocycles. The van der Waals surface area contributed by atoms with E-state index in [0.717, 1.165) is 25.7 Å². The predicted octanol–water partition coefficient (Wildman–Crippen LogP) is 3.35. The second kappa shape index (κ2) is 4.77. The number of hydrogen-bond donors (Lipinski definition) is 1. The molecule has 0 aromatic heterocycles. The van der Waals surface area contributed by atoms with Gasteiger partial charge < -0.3 is 5.32 Å². The number of benzene rings is 1. The fraction of sp³-hybridized carbons (Fsp3) is 0.467. The Morgan fingerprint density at radius 2 is 2.00 bits per heavy atom. The molecule has 1 saturated carbocycles. The van der Waals surface area contributed by atoms with Gasteiger partial charge in [0.05, 0.1) is 5.69 Å². The summed E-state index contributed by atoms with van der Waals surface area (Å²) < 4.78 is 0. The third-order valence-corrected chi connectivity index (χ3v) is 4.50. The molecule has 1 aromatic rings. The molecule has 2 aliphatic rings. The van der Waals surface area contributed by atoms with Crippen LogP contribution in [0.5, 0.6) is 0 Å². The molecule has 2 unspecified atom stereocenters. The molecular weight excluding hydrogens is 276 g/mol. The van der Waals surface area contributed by atoms with Gasteiger partial charge in [-0.15, -0.1) is 0 Å². The van der Waals surface area contributed by atoms with Gasteiger partial charge in [0.25, 0.3) is 5.91 Å². The SMILES string of the molecule is CC1CCCC2(C1)NC(=O)N(c1ccc(Cl)cc1)C2=O. The Labute approximate surface area is 123 Å². The van der Waals surface area contributed by atoms with Crippen molar-refractivity contribution in [3.8, 4) is 0 Å². The van der Waals surface area contributed by atoms with Crippen LogP contribution in [0.1, 0.15) is 32.6 Å². The minimum atomic E-state index is -0.700. The molecule has 3 rings (SSSR count). The van der Waals surface area contributed by atoms with Gasteiger partial charge in [-0.25, -0.2) is 9.69 Å². The standard InChI is InChI=1S/C15H17ClN2O2/c1-10-3-2-8-15(9-10)13(19)18(14(20)17-15)12-6-4-11(16)5-7-12/h4-7,10H,2-3,8-9H2,1H3,(H,17,20). The summed E-state index contributed by atoms with van der Waals surface area (Å²) in [5.41, 5.74) is -0.124. The molecule has 106 valence electrons. The van der Waals surface area contributed by atoms with Crippen LogP contribution >= 0.6 is 11.6 Å². The molecule has 5 heteroatoms. The van der Waals surface area contributed by atoms with Gasteiger partial charge in [0.1, 0.15) is 5.54 Å². The van der Waals surface area contributed by atoms with Crippen LogP contribution in [0.25, 0.3) is 0 Å². The number of anilines is 1. The number of amides is 3. The van der Waals surface area contributed by atoms with Crippen molar-refractivity contribution in [1.29, 1.82) is 0 Å². The highest BCUT2D eigenvalue weighted by Crippen LogP contribution is 2.38. The summed E-state index contributed by atoms with van der Waals surface area (Å²) in [4.78, 5) is 26.2. The molecule has 0 bridgehead atoms. The molecule has 1 aliphatic heterocycles. The molecule has 1 saturated heterocycles. The smallest absolute Gasteiger partial charge is 0.323 e. The number of nitrogens with zero attached hydrogens (tertiary/aromatic N) is 1. The fourth-order valence-electron chi connectivity index (χ4n) is 3.30. The highest BCUT2D eigenvalue weighted by Gasteiger charge is 2.52. The number of nitrogens with one attached hydrogen (secondary N) is 1. The summed E-state index contributed by atoms with van der Waals surface area (Å²) >= 11 is 5.85. The summed E-state index contributed by atoms with van der Waals surface area (Å²) in [7, 11) is 0. The Morgan fingerprint density at radius 1 is 1.30 bits per heavy atom. The molecular formula is C15H17ClN2O2. The number of imide groups is 1. The van der Waals surface area contributed by atoms with Crippen molar-refractivity contribution >= 4 is 29.2 Å². The monoisotopic (exact) mass is 292 g/mol. The van der Waals surface area contributed by atoms with Gasteiger partial charge in [-0.3, -0.25) is 4.79 Å². The van der Waals surface area contributed by atoms with Crippen molar-refractivity contribution in [2.45, 2.75) is 38.1 Å². The average molecular weight is 293 g/mol. The van der Waals surface area contributed by atoms with Crippen molar-refractivity contribution in [3.63, 3.8) is 0 Å². The molecule has 2 fully saturated rings. The van der Waals surface area contributed by atoms with E-state index in [-0.39, 0.29) is 11.9 Å². The van der Waals surface area contributed by atoms with E-state index in [1.54, 1.807) is 24.3 Å². The van der Waals surface area contributed by atoms with Crippen LogP contribution in [0.4, 0.5) is 10.5 Å². The molecule has 1 aliphatic carbocycles. The number of urea groups is 1. The Morgan fingerprint density at radius 3 is 2.65 bits per heavy atom. The van der Waals surface area contributed by atoms with E-state index in [9.17, 15) is 9.59 Å². The van der Waals surface area contributed by atoms with Crippen LogP contribution in [-0.4, -0.2) is 17.5 Å². The normalized spacial score (nSPS) is 29.9. The lowest BCUT2D eigenvalue weighted by molar-refractivity contribution is -0.123. The first-order chi connectivity index (χ1) is 9.52. The van der Waals surface area contributed by atoms with E-state index in [1.807, 2.05) is 0 Å². The molecule has 20 heavy (non-hydrogen) atoms. The average Bonchev–Trinajstić information content (AvgIpc) is 2.62. The Balaban J connectivity index is 1.92. The van der Waals surface area contributed by atoms with E-state index in [0.29, 0.717) is 16.6 Å². The van der Waals surface area contributed by atoms with Gasteiger partial charge in [0.15, 0.2) is 0 Å². The maximum Gasteiger partial charge on any atom is 0.329 e. The quantitative estimate of drug-likeness (QED) is 0.807. The molecule has 1 heterocycles. The van der Waals surface area contributed by atoms with Crippen LogP contribution in [0.15, 0.2) is 24.3 Å². The summed E-state index contributed by atoms with van der Waals surface area (Å²) in [6.07, 6.45) is 3.54. The van der Waals surface area contributed by atoms with Gasteiger partial charge in [-0.05, 0) is 43.0 Å². The van der Waals surface area contributed by atoms with E-state index in [2.05, 4.69) is 12.2 Å². The maximum absolute atomic E-state index is 12.7. The lowest BCUT2D eigenvalue weighted by atomic mass is 9.76. The van der Waals surface area contributed by atoms with Crippen LogP contribution in [0.2, 0.25) is 5.02 Å². The van der Waals surface area contributed by atoms with Gasteiger partial charge >= 0.3 is 6.03 Å². The van der Waals surface area contributed by atoms with Crippen molar-refractivity contribution in [2.24, 2.45) is 5.92 Å². The topological polar surface area (TPSA) is 49.4 Å². The van der Waals surface area contributed by atoms with Crippen molar-refractivity contribution in [2.75, 3.05) is 4.90 Å². The van der Waals surface area contributed by atoms with Crippen LogP contribution in [0, 0.1) is 5.92 Å². The Bertz CT molecular complexity index is 557. The number of carbonyl (C=O) groups is 2. The van der Waals surface area contributed by atoms with Crippen molar-refractivity contribution in [1.82, 2.24) is 5.32 Å². The summed E-state index contributed by atoms with van der Waals surface area (Å²) in [6, 6.07) is 6.44. The lowest BCUT2D eigenvalue weighted by Gasteiger charge is -2.34. The summed E-state index contributed by atoms with van der Waals surface area (Å²) in [6.45, 7) is 2.13. The highest BCUT2D eigenvalue weighted by atomic mass is 35.5. The van der Waals surface area contributed by atoms with Crippen molar-refractivity contribution < 1.29 is 9.59 Å². The molecule has 1 spiro atoms. The zero-order valence-corrected chi connectivity index (χ0v) is 12.1. The second-order valence-corrected chi connectivity index (χ2v) is 6.27. The maximum atomic E-state index is 12.7. The largest absolute Gasteiger partial charge is 0.329 e. The highest BCUT2D eigenvalue weighted by molar-refractivity contribution is 6.30. The van der Waals surface area contributed by atoms with Crippen LogP contribution < -0.4 is 10.2 Å². The number of carbonyl (C=O) groups excluding carboxylic acids is 2. The Hall–Kier alpha value is -1.55. The van der Waals surface area contributed by atoms with Crippen molar-refractivity contribution in [3.05, 3.63) is 29.3 Å². The predicted molar refractivity (Wildman–Crippen MR) is 77.8 cm³/mol. The lowest BCUT2D eigenvalue weighted by Crippen LogP contribution is -2.50.